The summed E-state index contributed by atoms with van der Waals surface area (Å²) in [5.41, 5.74) is 0.0549. The van der Waals surface area contributed by atoms with E-state index in [1.165, 1.54) is 0 Å². The van der Waals surface area contributed by atoms with Crippen LogP contribution in [0.5, 0.6) is 0 Å². The third kappa shape index (κ3) is 2.94. The van der Waals surface area contributed by atoms with Crippen LogP contribution in [-0.4, -0.2) is 23.0 Å². The summed E-state index contributed by atoms with van der Waals surface area (Å²) in [6.07, 6.45) is 2.11. The normalized spacial score (nSPS) is 24.3. The predicted molar refractivity (Wildman–Crippen MR) is 56.4 cm³/mol. The highest BCUT2D eigenvalue weighted by Gasteiger charge is 2.51. The first-order valence-electron chi connectivity index (χ1n) is 5.41. The zero-order valence-corrected chi connectivity index (χ0v) is 9.54. The van der Waals surface area contributed by atoms with Gasteiger partial charge in [0.15, 0.2) is 0 Å². The van der Waals surface area contributed by atoms with Gasteiger partial charge in [-0.1, -0.05) is 27.2 Å². The second-order valence-electron chi connectivity index (χ2n) is 4.93. The zero-order chi connectivity index (χ0) is 11.6. The molecule has 1 aliphatic carbocycles. The molecule has 2 N–H and O–H groups in total. The Morgan fingerprint density at radius 3 is 2.40 bits per heavy atom. The summed E-state index contributed by atoms with van der Waals surface area (Å²) >= 11 is 0. The molecule has 1 saturated carbocycles. The number of hydrogen-bond acceptors (Lipinski definition) is 2. The van der Waals surface area contributed by atoms with Crippen molar-refractivity contribution >= 4 is 11.9 Å². The summed E-state index contributed by atoms with van der Waals surface area (Å²) in [4.78, 5) is 22.5. The molecule has 0 radical (unpaired) electrons. The Morgan fingerprint density at radius 2 is 2.07 bits per heavy atom. The van der Waals surface area contributed by atoms with E-state index < -0.39 is 12.0 Å². The highest BCUT2D eigenvalue weighted by molar-refractivity contribution is 5.87. The minimum absolute atomic E-state index is 0.00351. The van der Waals surface area contributed by atoms with Gasteiger partial charge in [0, 0.05) is 5.92 Å². The predicted octanol–water partition coefficient (Wildman–Crippen LogP) is 1.40. The number of hydrogen-bond donors (Lipinski definition) is 2. The summed E-state index contributed by atoms with van der Waals surface area (Å²) < 4.78 is 0. The van der Waals surface area contributed by atoms with E-state index >= 15 is 0 Å². The zero-order valence-electron chi connectivity index (χ0n) is 9.54. The van der Waals surface area contributed by atoms with Crippen molar-refractivity contribution in [2.75, 3.05) is 0 Å². The number of carboxylic acids is 1. The first-order chi connectivity index (χ1) is 6.88. The van der Waals surface area contributed by atoms with Crippen molar-refractivity contribution in [2.24, 2.45) is 11.3 Å². The van der Waals surface area contributed by atoms with E-state index in [0.29, 0.717) is 6.42 Å². The maximum absolute atomic E-state index is 11.6. The number of carboxylic acid groups (broad SMARTS) is 1. The second kappa shape index (κ2) is 4.21. The highest BCUT2D eigenvalue weighted by atomic mass is 16.4. The fourth-order valence-corrected chi connectivity index (χ4v) is 1.73. The lowest BCUT2D eigenvalue weighted by atomic mass is 10.1. The van der Waals surface area contributed by atoms with E-state index in [1.807, 2.05) is 20.8 Å². The summed E-state index contributed by atoms with van der Waals surface area (Å²) in [5.74, 6) is -1.05. The number of rotatable bonds is 5. The quantitative estimate of drug-likeness (QED) is 0.725. The number of aliphatic carboxylic acids is 1. The molecule has 86 valence electrons. The Hall–Kier alpha value is -1.06. The molecule has 4 heteroatoms. The number of carbonyl (C=O) groups excluding carboxylic acids is 1. The molecule has 1 rings (SSSR count). The minimum Gasteiger partial charge on any atom is -0.480 e. The minimum atomic E-state index is -0.941. The Morgan fingerprint density at radius 1 is 1.53 bits per heavy atom. The van der Waals surface area contributed by atoms with Gasteiger partial charge in [0.2, 0.25) is 5.91 Å². The van der Waals surface area contributed by atoms with Gasteiger partial charge in [0.1, 0.15) is 6.04 Å². The summed E-state index contributed by atoms with van der Waals surface area (Å²) in [6.45, 7) is 5.95. The van der Waals surface area contributed by atoms with Crippen LogP contribution in [0.25, 0.3) is 0 Å². The lowest BCUT2D eigenvalue weighted by molar-refractivity contribution is -0.142. The summed E-state index contributed by atoms with van der Waals surface area (Å²) in [5, 5.41) is 11.5. The number of nitrogens with one attached hydrogen (secondary N) is 1. The lowest BCUT2D eigenvalue weighted by Gasteiger charge is -2.14. The van der Waals surface area contributed by atoms with Crippen LogP contribution >= 0.6 is 0 Å². The molecule has 0 aromatic carbocycles. The van der Waals surface area contributed by atoms with Gasteiger partial charge >= 0.3 is 5.97 Å². The van der Waals surface area contributed by atoms with Crippen LogP contribution in [0, 0.1) is 11.3 Å². The van der Waals surface area contributed by atoms with Gasteiger partial charge < -0.3 is 10.4 Å². The lowest BCUT2D eigenvalue weighted by Crippen LogP contribution is -2.41. The fourth-order valence-electron chi connectivity index (χ4n) is 1.73. The standard InChI is InChI=1S/C11H19NO3/c1-4-5-8(10(14)15)12-9(13)7-6-11(7,2)3/h7-8H,4-6H2,1-3H3,(H,12,13)(H,14,15). The molecule has 1 aliphatic rings. The SMILES string of the molecule is CCCC(NC(=O)C1CC1(C)C)C(=O)O. The van der Waals surface area contributed by atoms with Gasteiger partial charge in [-0.3, -0.25) is 4.79 Å². The molecular formula is C11H19NO3. The van der Waals surface area contributed by atoms with Crippen molar-refractivity contribution in [1.82, 2.24) is 5.32 Å². The average molecular weight is 213 g/mol. The van der Waals surface area contributed by atoms with Crippen LogP contribution in [0.3, 0.4) is 0 Å². The molecule has 0 spiro atoms. The van der Waals surface area contributed by atoms with E-state index in [2.05, 4.69) is 5.32 Å². The fraction of sp³-hybridized carbons (Fsp3) is 0.818. The van der Waals surface area contributed by atoms with Crippen LogP contribution in [0.1, 0.15) is 40.0 Å². The molecule has 0 bridgehead atoms. The van der Waals surface area contributed by atoms with Crippen LogP contribution in [0.2, 0.25) is 0 Å². The van der Waals surface area contributed by atoms with E-state index in [9.17, 15) is 9.59 Å². The van der Waals surface area contributed by atoms with E-state index in [1.54, 1.807) is 0 Å². The molecule has 2 unspecified atom stereocenters. The molecule has 0 heterocycles. The Balaban J connectivity index is 2.45. The molecule has 15 heavy (non-hydrogen) atoms. The largest absolute Gasteiger partial charge is 0.480 e. The van der Waals surface area contributed by atoms with Crippen LogP contribution in [0.15, 0.2) is 0 Å². The first kappa shape index (κ1) is 12.0. The topological polar surface area (TPSA) is 66.4 Å². The summed E-state index contributed by atoms with van der Waals surface area (Å²) in [7, 11) is 0. The van der Waals surface area contributed by atoms with E-state index in [-0.39, 0.29) is 17.2 Å². The molecular weight excluding hydrogens is 194 g/mol. The third-order valence-electron chi connectivity index (χ3n) is 3.02. The molecule has 1 amide bonds. The summed E-state index contributed by atoms with van der Waals surface area (Å²) in [6, 6.07) is -0.723. The van der Waals surface area contributed by atoms with Crippen molar-refractivity contribution in [1.29, 1.82) is 0 Å². The Kier molecular flexibility index (Phi) is 3.37. The molecule has 4 nitrogen and oxygen atoms in total. The molecule has 0 saturated heterocycles. The maximum Gasteiger partial charge on any atom is 0.326 e. The maximum atomic E-state index is 11.6. The second-order valence-corrected chi connectivity index (χ2v) is 4.93. The van der Waals surface area contributed by atoms with Gasteiger partial charge in [-0.25, -0.2) is 4.79 Å². The first-order valence-corrected chi connectivity index (χ1v) is 5.41. The van der Waals surface area contributed by atoms with Crippen molar-refractivity contribution in [3.63, 3.8) is 0 Å². The smallest absolute Gasteiger partial charge is 0.326 e. The van der Waals surface area contributed by atoms with Gasteiger partial charge in [-0.15, -0.1) is 0 Å². The number of carbonyl (C=O) groups is 2. The van der Waals surface area contributed by atoms with Crippen molar-refractivity contribution in [3.05, 3.63) is 0 Å². The van der Waals surface area contributed by atoms with E-state index in [0.717, 1.165) is 12.8 Å². The van der Waals surface area contributed by atoms with Crippen molar-refractivity contribution < 1.29 is 14.7 Å². The van der Waals surface area contributed by atoms with Gasteiger partial charge in [-0.05, 0) is 18.3 Å². The van der Waals surface area contributed by atoms with Gasteiger partial charge in [0.25, 0.3) is 0 Å². The molecule has 0 aliphatic heterocycles. The molecule has 0 aromatic heterocycles. The van der Waals surface area contributed by atoms with Crippen molar-refractivity contribution in [2.45, 2.75) is 46.1 Å². The molecule has 1 fully saturated rings. The van der Waals surface area contributed by atoms with Crippen molar-refractivity contribution in [3.8, 4) is 0 Å². The number of amides is 1. The highest BCUT2D eigenvalue weighted by Crippen LogP contribution is 2.51. The Labute approximate surface area is 90.0 Å². The monoisotopic (exact) mass is 213 g/mol. The van der Waals surface area contributed by atoms with E-state index in [4.69, 9.17) is 5.11 Å². The molecule has 2 atom stereocenters. The Bertz CT molecular complexity index is 273. The van der Waals surface area contributed by atoms with Crippen LogP contribution in [-0.2, 0) is 9.59 Å². The van der Waals surface area contributed by atoms with Gasteiger partial charge in [-0.2, -0.15) is 0 Å². The third-order valence-corrected chi connectivity index (χ3v) is 3.02. The molecule has 0 aromatic rings. The average Bonchev–Trinajstić information content (AvgIpc) is 2.74. The van der Waals surface area contributed by atoms with Gasteiger partial charge in [0.05, 0.1) is 0 Å². The van der Waals surface area contributed by atoms with Crippen LogP contribution < -0.4 is 5.32 Å². The van der Waals surface area contributed by atoms with Crippen LogP contribution in [0.4, 0.5) is 0 Å².